The van der Waals surface area contributed by atoms with Crippen molar-refractivity contribution in [2.45, 2.75) is 25.8 Å². The minimum atomic E-state index is -0.974. The van der Waals surface area contributed by atoms with E-state index in [4.69, 9.17) is 5.11 Å². The van der Waals surface area contributed by atoms with E-state index in [1.54, 1.807) is 34.9 Å². The smallest absolute Gasteiger partial charge is 0.335 e. The van der Waals surface area contributed by atoms with E-state index in [1.165, 1.54) is 0 Å². The SMILES string of the molecule is CSCCC(C)NC(=O)N1CCc2ccc(C(=O)O)cc21. The van der Waals surface area contributed by atoms with E-state index >= 15 is 0 Å². The van der Waals surface area contributed by atoms with Gasteiger partial charge in [0, 0.05) is 18.3 Å². The van der Waals surface area contributed by atoms with Crippen LogP contribution in [0.4, 0.5) is 10.5 Å². The zero-order chi connectivity index (χ0) is 15.4. The number of nitrogens with zero attached hydrogens (tertiary/aromatic N) is 1. The molecule has 0 aromatic heterocycles. The van der Waals surface area contributed by atoms with Gasteiger partial charge in [0.25, 0.3) is 0 Å². The Kier molecular flexibility index (Phi) is 5.12. The summed E-state index contributed by atoms with van der Waals surface area (Å²) in [5.41, 5.74) is 1.94. The van der Waals surface area contributed by atoms with Crippen molar-refractivity contribution in [2.24, 2.45) is 0 Å². The highest BCUT2D eigenvalue weighted by molar-refractivity contribution is 7.98. The summed E-state index contributed by atoms with van der Waals surface area (Å²) in [4.78, 5) is 25.0. The minimum absolute atomic E-state index is 0.108. The van der Waals surface area contributed by atoms with E-state index < -0.39 is 5.97 Å². The molecule has 2 rings (SSSR count). The van der Waals surface area contributed by atoms with Gasteiger partial charge in [-0.05, 0) is 49.5 Å². The molecule has 6 heteroatoms. The van der Waals surface area contributed by atoms with Gasteiger partial charge in [-0.1, -0.05) is 6.07 Å². The van der Waals surface area contributed by atoms with Crippen LogP contribution in [0.3, 0.4) is 0 Å². The zero-order valence-electron chi connectivity index (χ0n) is 12.3. The standard InChI is InChI=1S/C15H20N2O3S/c1-10(6-8-21-2)16-15(20)17-7-5-11-3-4-12(14(18)19)9-13(11)17/h3-4,9-10H,5-8H2,1-2H3,(H,16,20)(H,18,19). The molecule has 5 nitrogen and oxygen atoms in total. The average molecular weight is 308 g/mol. The van der Waals surface area contributed by atoms with Gasteiger partial charge in [0.05, 0.1) is 5.56 Å². The fourth-order valence-corrected chi connectivity index (χ4v) is 2.97. The van der Waals surface area contributed by atoms with E-state index in [2.05, 4.69) is 5.32 Å². The molecule has 0 bridgehead atoms. The third-order valence-corrected chi connectivity index (χ3v) is 4.24. The molecule has 21 heavy (non-hydrogen) atoms. The predicted octanol–water partition coefficient (Wildman–Crippen LogP) is 2.60. The molecule has 0 saturated heterocycles. The normalized spacial score (nSPS) is 14.7. The van der Waals surface area contributed by atoms with Gasteiger partial charge in [-0.3, -0.25) is 4.90 Å². The molecule has 0 saturated carbocycles. The number of rotatable bonds is 5. The Morgan fingerprint density at radius 3 is 2.90 bits per heavy atom. The number of urea groups is 1. The Labute approximate surface area is 128 Å². The Morgan fingerprint density at radius 1 is 1.48 bits per heavy atom. The maximum absolute atomic E-state index is 12.3. The summed E-state index contributed by atoms with van der Waals surface area (Å²) in [5, 5.41) is 12.0. The molecule has 1 heterocycles. The van der Waals surface area contributed by atoms with Gasteiger partial charge in [0.15, 0.2) is 0 Å². The number of fused-ring (bicyclic) bond motifs is 1. The number of hydrogen-bond acceptors (Lipinski definition) is 3. The van der Waals surface area contributed by atoms with Crippen molar-refractivity contribution in [2.75, 3.05) is 23.5 Å². The van der Waals surface area contributed by atoms with Crippen LogP contribution in [0.25, 0.3) is 0 Å². The number of anilines is 1. The third kappa shape index (κ3) is 3.69. The molecule has 1 atom stereocenters. The number of carbonyl (C=O) groups excluding carboxylic acids is 1. The summed E-state index contributed by atoms with van der Waals surface area (Å²) >= 11 is 1.75. The molecular formula is C15H20N2O3S. The van der Waals surface area contributed by atoms with Crippen LogP contribution in [-0.4, -0.2) is 41.7 Å². The molecule has 2 amide bonds. The first-order chi connectivity index (χ1) is 10.0. The molecule has 114 valence electrons. The van der Waals surface area contributed by atoms with Crippen LogP contribution >= 0.6 is 11.8 Å². The summed E-state index contributed by atoms with van der Waals surface area (Å²) in [6, 6.07) is 4.92. The van der Waals surface area contributed by atoms with Crippen LogP contribution in [0, 0.1) is 0 Å². The molecule has 0 radical (unpaired) electrons. The molecular weight excluding hydrogens is 288 g/mol. The second-order valence-corrected chi connectivity index (χ2v) is 6.17. The van der Waals surface area contributed by atoms with Gasteiger partial charge < -0.3 is 10.4 Å². The van der Waals surface area contributed by atoms with Crippen molar-refractivity contribution in [1.82, 2.24) is 5.32 Å². The van der Waals surface area contributed by atoms with Gasteiger partial charge in [-0.15, -0.1) is 0 Å². The summed E-state index contributed by atoms with van der Waals surface area (Å²) in [7, 11) is 0. The maximum Gasteiger partial charge on any atom is 0.335 e. The lowest BCUT2D eigenvalue weighted by atomic mass is 10.1. The zero-order valence-corrected chi connectivity index (χ0v) is 13.1. The van der Waals surface area contributed by atoms with E-state index in [9.17, 15) is 9.59 Å². The first kappa shape index (κ1) is 15.7. The monoisotopic (exact) mass is 308 g/mol. The number of nitrogens with one attached hydrogen (secondary N) is 1. The van der Waals surface area contributed by atoms with Gasteiger partial charge >= 0.3 is 12.0 Å². The highest BCUT2D eigenvalue weighted by Gasteiger charge is 2.26. The summed E-state index contributed by atoms with van der Waals surface area (Å²) in [6.07, 6.45) is 3.73. The first-order valence-electron chi connectivity index (χ1n) is 6.96. The van der Waals surface area contributed by atoms with Crippen LogP contribution in [-0.2, 0) is 6.42 Å². The number of aromatic carboxylic acids is 1. The lowest BCUT2D eigenvalue weighted by Crippen LogP contribution is -2.43. The van der Waals surface area contributed by atoms with Crippen molar-refractivity contribution in [3.8, 4) is 0 Å². The van der Waals surface area contributed by atoms with E-state index in [0.29, 0.717) is 12.2 Å². The number of carbonyl (C=O) groups is 2. The Morgan fingerprint density at radius 2 is 2.24 bits per heavy atom. The Hall–Kier alpha value is -1.69. The third-order valence-electron chi connectivity index (χ3n) is 3.60. The van der Waals surface area contributed by atoms with E-state index in [0.717, 1.165) is 24.2 Å². The number of carboxylic acid groups (broad SMARTS) is 1. The fourth-order valence-electron chi connectivity index (χ4n) is 2.38. The number of benzene rings is 1. The Balaban J connectivity index is 2.08. The van der Waals surface area contributed by atoms with Crippen LogP contribution in [0.15, 0.2) is 18.2 Å². The van der Waals surface area contributed by atoms with Crippen LogP contribution in [0.1, 0.15) is 29.3 Å². The van der Waals surface area contributed by atoms with Crippen LogP contribution < -0.4 is 10.2 Å². The van der Waals surface area contributed by atoms with Gasteiger partial charge in [0.1, 0.15) is 0 Å². The molecule has 1 aromatic rings. The lowest BCUT2D eigenvalue weighted by molar-refractivity contribution is 0.0697. The largest absolute Gasteiger partial charge is 0.478 e. The van der Waals surface area contributed by atoms with Crippen molar-refractivity contribution < 1.29 is 14.7 Å². The Bertz CT molecular complexity index is 548. The van der Waals surface area contributed by atoms with Crippen LogP contribution in [0.2, 0.25) is 0 Å². The quantitative estimate of drug-likeness (QED) is 0.877. The topological polar surface area (TPSA) is 69.6 Å². The molecule has 0 spiro atoms. The van der Waals surface area contributed by atoms with Gasteiger partial charge in [-0.2, -0.15) is 11.8 Å². The lowest BCUT2D eigenvalue weighted by Gasteiger charge is -2.21. The highest BCUT2D eigenvalue weighted by Crippen LogP contribution is 2.29. The fraction of sp³-hybridized carbons (Fsp3) is 0.467. The number of thioether (sulfide) groups is 1. The highest BCUT2D eigenvalue weighted by atomic mass is 32.2. The molecule has 0 fully saturated rings. The van der Waals surface area contributed by atoms with Crippen LogP contribution in [0.5, 0.6) is 0 Å². The molecule has 1 aliphatic heterocycles. The average Bonchev–Trinajstić information content (AvgIpc) is 2.87. The van der Waals surface area contributed by atoms with E-state index in [-0.39, 0.29) is 17.6 Å². The van der Waals surface area contributed by atoms with Gasteiger partial charge in [0.2, 0.25) is 0 Å². The van der Waals surface area contributed by atoms with Crippen molar-refractivity contribution in [1.29, 1.82) is 0 Å². The summed E-state index contributed by atoms with van der Waals surface area (Å²) in [5.74, 6) is 0.0275. The second-order valence-electron chi connectivity index (χ2n) is 5.18. The number of amides is 2. The predicted molar refractivity (Wildman–Crippen MR) is 85.4 cm³/mol. The molecule has 1 unspecified atom stereocenters. The second kappa shape index (κ2) is 6.85. The first-order valence-corrected chi connectivity index (χ1v) is 8.35. The maximum atomic E-state index is 12.3. The summed E-state index contributed by atoms with van der Waals surface area (Å²) in [6.45, 7) is 2.58. The molecule has 2 N–H and O–H groups in total. The van der Waals surface area contributed by atoms with Crippen molar-refractivity contribution in [3.05, 3.63) is 29.3 Å². The molecule has 1 aromatic carbocycles. The van der Waals surface area contributed by atoms with Crippen molar-refractivity contribution in [3.63, 3.8) is 0 Å². The number of carboxylic acids is 1. The van der Waals surface area contributed by atoms with E-state index in [1.807, 2.05) is 13.2 Å². The minimum Gasteiger partial charge on any atom is -0.478 e. The number of hydrogen-bond donors (Lipinski definition) is 2. The molecule has 1 aliphatic rings. The van der Waals surface area contributed by atoms with Crippen molar-refractivity contribution >= 4 is 29.4 Å². The molecule has 0 aliphatic carbocycles. The van der Waals surface area contributed by atoms with Gasteiger partial charge in [-0.25, -0.2) is 9.59 Å². The summed E-state index contributed by atoms with van der Waals surface area (Å²) < 4.78 is 0.